The van der Waals surface area contributed by atoms with Crippen molar-refractivity contribution in [2.24, 2.45) is 0 Å². The van der Waals surface area contributed by atoms with Gasteiger partial charge in [-0.3, -0.25) is 9.36 Å². The molecule has 0 aliphatic carbocycles. The number of aliphatic hydroxyl groups is 1. The molecule has 3 N–H and O–H groups in total. The highest BCUT2D eigenvalue weighted by atomic mass is 28.4. The number of ether oxygens (including phenoxy) is 5. The van der Waals surface area contributed by atoms with E-state index in [0.717, 1.165) is 22.7 Å². The number of anilines is 1. The summed E-state index contributed by atoms with van der Waals surface area (Å²) in [4.78, 5) is 40.6. The van der Waals surface area contributed by atoms with Crippen molar-refractivity contribution in [3.63, 3.8) is 0 Å². The highest BCUT2D eigenvalue weighted by molar-refractivity contribution is 6.76. The summed E-state index contributed by atoms with van der Waals surface area (Å²) in [5.74, 6) is 1.23. The van der Waals surface area contributed by atoms with Crippen molar-refractivity contribution < 1.29 is 42.8 Å². The van der Waals surface area contributed by atoms with E-state index < -0.39 is 58.5 Å². The van der Waals surface area contributed by atoms with Gasteiger partial charge in [0, 0.05) is 13.6 Å². The van der Waals surface area contributed by atoms with Gasteiger partial charge < -0.3 is 43.9 Å². The molecule has 1 aliphatic heterocycles. The highest BCUT2D eigenvalue weighted by Crippen LogP contribution is 2.45. The number of alkyl carbamates (subject to hydrolysis) is 1. The second kappa shape index (κ2) is 20.7. The smallest absolute Gasteiger partial charge is 0.407 e. The van der Waals surface area contributed by atoms with Crippen LogP contribution in [0.2, 0.25) is 43.8 Å². The summed E-state index contributed by atoms with van der Waals surface area (Å²) in [6.07, 6.45) is -3.14. The number of nitrogens with one attached hydrogen (secondary N) is 2. The summed E-state index contributed by atoms with van der Waals surface area (Å²) in [7, 11) is -0.782. The maximum absolute atomic E-state index is 13.6. The molecule has 17 heteroatoms. The zero-order valence-corrected chi connectivity index (χ0v) is 42.6. The van der Waals surface area contributed by atoms with Gasteiger partial charge in [0.05, 0.1) is 40.3 Å². The molecular formula is C51H64N6O9Si2. The quantitative estimate of drug-likeness (QED) is 0.0551. The van der Waals surface area contributed by atoms with Gasteiger partial charge in [-0.25, -0.2) is 19.7 Å². The van der Waals surface area contributed by atoms with E-state index >= 15 is 0 Å². The standard InChI is InChI=1S/C51H64N6O9Si2/c1-50(2,3)68(9,10)66-44-40(32-64-51(35-19-15-12-16-20-35,36-21-25-38(61-4)26-22-36)37-23-27-39(62-5)28-24-37)65-48(43(44)58)57-33-53-42-45(56-47(59)34-17-13-11-14-18-34)54-41(55-46(42)57)31-52-49(60)63-29-30-67(6,7)8/h11-28,33,40,43-44,48,58H,29-32H2,1-10H3,(H,52,60)(H,54,55,56,59)/t40-,43-,44-,48-/m1/s1. The largest absolute Gasteiger partial charge is 0.497 e. The Hall–Kier alpha value is -5.96. The Morgan fingerprint density at radius 1 is 0.794 bits per heavy atom. The van der Waals surface area contributed by atoms with E-state index in [4.69, 9.17) is 33.1 Å². The van der Waals surface area contributed by atoms with Crippen molar-refractivity contribution in [1.29, 1.82) is 0 Å². The maximum atomic E-state index is 13.6. The summed E-state index contributed by atoms with van der Waals surface area (Å²) in [5, 5.41) is 18.0. The van der Waals surface area contributed by atoms with E-state index in [-0.39, 0.29) is 41.0 Å². The number of imidazole rings is 1. The summed E-state index contributed by atoms with van der Waals surface area (Å²) in [5.41, 5.74) is 2.23. The average Bonchev–Trinajstić information content (AvgIpc) is 3.88. The van der Waals surface area contributed by atoms with E-state index in [1.165, 1.54) is 6.33 Å². The lowest BCUT2D eigenvalue weighted by molar-refractivity contribution is -0.0930. The summed E-state index contributed by atoms with van der Waals surface area (Å²) in [6.45, 7) is 17.4. The number of fused-ring (bicyclic) bond motifs is 1. The molecule has 3 heterocycles. The highest BCUT2D eigenvalue weighted by Gasteiger charge is 2.52. The first-order chi connectivity index (χ1) is 32.3. The van der Waals surface area contributed by atoms with E-state index in [0.29, 0.717) is 23.7 Å². The van der Waals surface area contributed by atoms with Crippen molar-refractivity contribution in [1.82, 2.24) is 24.8 Å². The second-order valence-electron chi connectivity index (χ2n) is 19.6. The Bertz CT molecular complexity index is 2590. The van der Waals surface area contributed by atoms with Crippen LogP contribution >= 0.6 is 0 Å². The van der Waals surface area contributed by atoms with Crippen molar-refractivity contribution in [3.05, 3.63) is 144 Å². The molecule has 6 aromatic rings. The van der Waals surface area contributed by atoms with Crippen LogP contribution in [0.15, 0.2) is 116 Å². The van der Waals surface area contributed by atoms with Crippen molar-refractivity contribution in [2.75, 3.05) is 32.8 Å². The number of rotatable bonds is 18. The fraction of sp³-hybridized carbons (Fsp3) is 0.392. The van der Waals surface area contributed by atoms with Crippen molar-refractivity contribution in [2.45, 2.75) is 101 Å². The van der Waals surface area contributed by atoms with Crippen LogP contribution in [0.1, 0.15) is 59.9 Å². The van der Waals surface area contributed by atoms with Gasteiger partial charge in [-0.2, -0.15) is 0 Å². The number of hydrogen-bond acceptors (Lipinski definition) is 12. The fourth-order valence-corrected chi connectivity index (χ4v) is 9.80. The van der Waals surface area contributed by atoms with Gasteiger partial charge in [0.25, 0.3) is 5.91 Å². The number of aliphatic hydroxyl groups excluding tert-OH is 1. The van der Waals surface area contributed by atoms with Gasteiger partial charge >= 0.3 is 6.09 Å². The lowest BCUT2D eigenvalue weighted by atomic mass is 9.80. The lowest BCUT2D eigenvalue weighted by Gasteiger charge is -2.41. The molecule has 15 nitrogen and oxygen atoms in total. The first-order valence-corrected chi connectivity index (χ1v) is 29.5. The zero-order valence-electron chi connectivity index (χ0n) is 40.6. The molecule has 0 radical (unpaired) electrons. The Labute approximate surface area is 400 Å². The van der Waals surface area contributed by atoms with Gasteiger partial charge in [-0.15, -0.1) is 0 Å². The SMILES string of the molecule is COc1ccc(C(OC[C@H]2O[C@@H](n3cnc4c(NC(=O)c5ccccc5)nc(CNC(=O)OCC[Si](C)(C)C)nc43)[C@H](O)[C@@H]2O[Si](C)(C)C(C)(C)C)(c2ccccc2)c2ccc(OC)cc2)cc1. The number of nitrogens with zero attached hydrogens (tertiary/aromatic N) is 4. The second-order valence-corrected chi connectivity index (χ2v) is 30.0. The van der Waals surface area contributed by atoms with Gasteiger partial charge in [-0.1, -0.05) is 113 Å². The van der Waals surface area contributed by atoms with Gasteiger partial charge in [0.15, 0.2) is 37.4 Å². The van der Waals surface area contributed by atoms with Crippen LogP contribution in [0.5, 0.6) is 11.5 Å². The van der Waals surface area contributed by atoms with Crippen molar-refractivity contribution in [3.8, 4) is 11.5 Å². The molecule has 1 saturated heterocycles. The Morgan fingerprint density at radius 2 is 1.37 bits per heavy atom. The number of methoxy groups -OCH3 is 2. The molecule has 68 heavy (non-hydrogen) atoms. The molecule has 4 aromatic carbocycles. The predicted octanol–water partition coefficient (Wildman–Crippen LogP) is 9.32. The van der Waals surface area contributed by atoms with Crippen molar-refractivity contribution >= 4 is 45.4 Å². The van der Waals surface area contributed by atoms with E-state index in [1.54, 1.807) is 43.1 Å². The van der Waals surface area contributed by atoms with E-state index in [2.05, 4.69) is 74.1 Å². The molecule has 2 aromatic heterocycles. The van der Waals surface area contributed by atoms with Crippen LogP contribution in [0.3, 0.4) is 0 Å². The topological polar surface area (TPSA) is 177 Å². The summed E-state index contributed by atoms with van der Waals surface area (Å²) >= 11 is 0. The third kappa shape index (κ3) is 11.1. The number of hydrogen-bond donors (Lipinski definition) is 3. The predicted molar refractivity (Wildman–Crippen MR) is 266 cm³/mol. The molecule has 2 amide bonds. The normalized spacial score (nSPS) is 17.8. The Kier molecular flexibility index (Phi) is 15.2. The molecule has 1 fully saturated rings. The zero-order chi connectivity index (χ0) is 48.9. The van der Waals surface area contributed by atoms with Crippen LogP contribution in [-0.4, -0.2) is 98.8 Å². The number of carbonyl (C=O) groups excluding carboxylic acids is 2. The lowest BCUT2D eigenvalue weighted by Crippen LogP contribution is -2.50. The minimum absolute atomic E-state index is 0.0330. The van der Waals surface area contributed by atoms with Crippen LogP contribution in [0.25, 0.3) is 11.2 Å². The Morgan fingerprint density at radius 3 is 1.93 bits per heavy atom. The van der Waals surface area contributed by atoms with Crippen LogP contribution in [0, 0.1) is 0 Å². The molecule has 0 bridgehead atoms. The summed E-state index contributed by atoms with van der Waals surface area (Å²) in [6, 6.07) is 35.0. The van der Waals surface area contributed by atoms with E-state index in [9.17, 15) is 14.7 Å². The number of carbonyl (C=O) groups is 2. The van der Waals surface area contributed by atoms with Gasteiger partial charge in [-0.05, 0) is 77.3 Å². The maximum Gasteiger partial charge on any atom is 0.407 e. The average molecular weight is 961 g/mol. The molecular weight excluding hydrogens is 897 g/mol. The Balaban J connectivity index is 1.29. The number of aromatic nitrogens is 4. The third-order valence-electron chi connectivity index (χ3n) is 12.7. The molecule has 0 spiro atoms. The monoisotopic (exact) mass is 960 g/mol. The van der Waals surface area contributed by atoms with Gasteiger partial charge in [0.1, 0.15) is 35.4 Å². The molecule has 7 rings (SSSR count). The fourth-order valence-electron chi connectivity index (χ4n) is 7.76. The molecule has 4 atom stereocenters. The van der Waals surface area contributed by atoms with E-state index in [1.807, 2.05) is 84.9 Å². The minimum Gasteiger partial charge on any atom is -0.497 e. The first kappa shape index (κ1) is 49.9. The minimum atomic E-state index is -2.59. The number of benzene rings is 4. The first-order valence-electron chi connectivity index (χ1n) is 22.8. The van der Waals surface area contributed by atoms with Gasteiger partial charge in [0.2, 0.25) is 0 Å². The summed E-state index contributed by atoms with van der Waals surface area (Å²) < 4.78 is 39.6. The van der Waals surface area contributed by atoms with Crippen LogP contribution < -0.4 is 20.1 Å². The molecule has 0 saturated carbocycles. The molecule has 360 valence electrons. The van der Waals surface area contributed by atoms with Crippen LogP contribution in [0.4, 0.5) is 10.6 Å². The molecule has 0 unspecified atom stereocenters. The molecule has 1 aliphatic rings. The third-order valence-corrected chi connectivity index (χ3v) is 18.8. The van der Waals surface area contributed by atoms with Crippen LogP contribution in [-0.2, 0) is 30.8 Å². The number of amides is 2.